The molecule has 2 fully saturated rings. The van der Waals surface area contributed by atoms with Gasteiger partial charge in [-0.1, -0.05) is 30.3 Å². The highest BCUT2D eigenvalue weighted by atomic mass is 16.6. The number of nitrogens with zero attached hydrogens (tertiary/aromatic N) is 2. The second kappa shape index (κ2) is 6.67. The smallest absolute Gasteiger partial charge is 0.410 e. The van der Waals surface area contributed by atoms with E-state index in [0.29, 0.717) is 13.1 Å². The molecule has 2 saturated heterocycles. The zero-order valence-electron chi connectivity index (χ0n) is 15.3. The van der Waals surface area contributed by atoms with E-state index in [2.05, 4.69) is 4.90 Å². The molecule has 0 aliphatic carbocycles. The van der Waals surface area contributed by atoms with Gasteiger partial charge in [0.05, 0.1) is 13.2 Å². The molecule has 1 unspecified atom stereocenters. The summed E-state index contributed by atoms with van der Waals surface area (Å²) in [5, 5.41) is 0. The molecule has 6 nitrogen and oxygen atoms in total. The van der Waals surface area contributed by atoms with Crippen molar-refractivity contribution in [1.82, 2.24) is 9.80 Å². The van der Waals surface area contributed by atoms with Gasteiger partial charge in [-0.25, -0.2) is 4.79 Å². The summed E-state index contributed by atoms with van der Waals surface area (Å²) in [5.41, 5.74) is 0.594. The highest BCUT2D eigenvalue weighted by Crippen LogP contribution is 2.38. The van der Waals surface area contributed by atoms with Gasteiger partial charge in [0.2, 0.25) is 0 Å². The molecule has 0 radical (unpaired) electrons. The Bertz CT molecular complexity index is 641. The van der Waals surface area contributed by atoms with Crippen LogP contribution in [0, 0.1) is 0 Å². The lowest BCUT2D eigenvalue weighted by Crippen LogP contribution is -2.58. The summed E-state index contributed by atoms with van der Waals surface area (Å²) < 4.78 is 10.5. The van der Waals surface area contributed by atoms with Crippen LogP contribution in [0.1, 0.15) is 32.8 Å². The first kappa shape index (κ1) is 17.7. The molecule has 2 heterocycles. The van der Waals surface area contributed by atoms with Crippen molar-refractivity contribution in [3.8, 4) is 0 Å². The van der Waals surface area contributed by atoms with Gasteiger partial charge in [-0.2, -0.15) is 0 Å². The van der Waals surface area contributed by atoms with Gasteiger partial charge in [-0.3, -0.25) is 9.69 Å². The van der Waals surface area contributed by atoms with Crippen LogP contribution in [-0.2, 0) is 20.8 Å². The summed E-state index contributed by atoms with van der Waals surface area (Å²) in [6.45, 7) is 6.79. The molecule has 2 bridgehead atoms. The number of methoxy groups -OCH3 is 1. The van der Waals surface area contributed by atoms with E-state index < -0.39 is 11.6 Å². The zero-order chi connectivity index (χ0) is 18.2. The van der Waals surface area contributed by atoms with Crippen LogP contribution < -0.4 is 0 Å². The van der Waals surface area contributed by atoms with Crippen LogP contribution in [0.3, 0.4) is 0 Å². The number of amides is 1. The van der Waals surface area contributed by atoms with Crippen LogP contribution in [-0.4, -0.2) is 59.2 Å². The van der Waals surface area contributed by atoms with Crippen molar-refractivity contribution in [3.63, 3.8) is 0 Å². The lowest BCUT2D eigenvalue weighted by molar-refractivity contribution is -0.149. The lowest BCUT2D eigenvalue weighted by atomic mass is 10.1. The fourth-order valence-electron chi connectivity index (χ4n) is 3.80. The minimum atomic E-state index is -0.552. The summed E-state index contributed by atoms with van der Waals surface area (Å²) in [6.07, 6.45) is 0.416. The van der Waals surface area contributed by atoms with Crippen LogP contribution in [0.5, 0.6) is 0 Å². The maximum Gasteiger partial charge on any atom is 0.410 e. The minimum absolute atomic E-state index is 0.141. The van der Waals surface area contributed by atoms with E-state index in [1.807, 2.05) is 51.1 Å². The third kappa shape index (κ3) is 3.63. The molecule has 1 amide bonds. The maximum atomic E-state index is 12.5. The fraction of sp³-hybridized carbons (Fsp3) is 0.579. The van der Waals surface area contributed by atoms with Crippen molar-refractivity contribution in [2.45, 2.75) is 57.5 Å². The number of hydrogen-bond acceptors (Lipinski definition) is 5. The van der Waals surface area contributed by atoms with E-state index in [1.54, 1.807) is 4.90 Å². The lowest BCUT2D eigenvalue weighted by Gasteiger charge is -2.39. The van der Waals surface area contributed by atoms with Gasteiger partial charge in [0.15, 0.2) is 0 Å². The summed E-state index contributed by atoms with van der Waals surface area (Å²) in [5.74, 6) is -0.295. The molecule has 25 heavy (non-hydrogen) atoms. The van der Waals surface area contributed by atoms with Crippen molar-refractivity contribution < 1.29 is 19.1 Å². The van der Waals surface area contributed by atoms with Gasteiger partial charge in [0.25, 0.3) is 0 Å². The second-order valence-corrected chi connectivity index (χ2v) is 7.72. The number of likely N-dealkylation sites (tertiary alicyclic amines) is 2. The Morgan fingerprint density at radius 2 is 1.88 bits per heavy atom. The second-order valence-electron chi connectivity index (χ2n) is 7.72. The van der Waals surface area contributed by atoms with Crippen LogP contribution in [0.4, 0.5) is 4.79 Å². The molecule has 1 aromatic carbocycles. The van der Waals surface area contributed by atoms with Gasteiger partial charge in [-0.05, 0) is 32.8 Å². The molecule has 2 aliphatic rings. The predicted octanol–water partition coefficient (Wildman–Crippen LogP) is 2.42. The quantitative estimate of drug-likeness (QED) is 0.787. The fourth-order valence-corrected chi connectivity index (χ4v) is 3.80. The third-order valence-electron chi connectivity index (χ3n) is 4.79. The van der Waals surface area contributed by atoms with Crippen LogP contribution in [0.2, 0.25) is 0 Å². The van der Waals surface area contributed by atoms with Crippen molar-refractivity contribution in [3.05, 3.63) is 35.9 Å². The molecule has 0 saturated carbocycles. The molecule has 0 N–H and O–H groups in total. The number of ether oxygens (including phenoxy) is 2. The summed E-state index contributed by atoms with van der Waals surface area (Å²) >= 11 is 0. The van der Waals surface area contributed by atoms with Gasteiger partial charge < -0.3 is 14.4 Å². The first-order chi connectivity index (χ1) is 11.8. The number of carbonyl (C=O) groups is 2. The molecular weight excluding hydrogens is 320 g/mol. The number of esters is 1. The number of fused-ring (bicyclic) bond motifs is 2. The van der Waals surface area contributed by atoms with Gasteiger partial charge in [0, 0.05) is 19.1 Å². The third-order valence-corrected chi connectivity index (χ3v) is 4.79. The van der Waals surface area contributed by atoms with Crippen molar-refractivity contribution in [2.24, 2.45) is 0 Å². The Morgan fingerprint density at radius 3 is 2.48 bits per heavy atom. The molecule has 0 spiro atoms. The standard InChI is InChI=1S/C19H26N2O4/c1-19(2,3)25-18(23)21-12-14-10-15(21)16(17(22)24-4)20(14)11-13-8-6-5-7-9-13/h5-9,14-16H,10-12H2,1-4H3/t14-,15-,16?/m0/s1. The van der Waals surface area contributed by atoms with E-state index in [4.69, 9.17) is 9.47 Å². The number of hydrogen-bond donors (Lipinski definition) is 0. The Kier molecular flexibility index (Phi) is 4.73. The van der Waals surface area contributed by atoms with E-state index in [-0.39, 0.29) is 24.1 Å². The van der Waals surface area contributed by atoms with Crippen LogP contribution in [0.15, 0.2) is 30.3 Å². The van der Waals surface area contributed by atoms with E-state index in [9.17, 15) is 9.59 Å². The molecule has 1 aromatic rings. The van der Waals surface area contributed by atoms with E-state index >= 15 is 0 Å². The normalized spacial score (nSPS) is 25.9. The summed E-state index contributed by atoms with van der Waals surface area (Å²) in [7, 11) is 1.40. The van der Waals surface area contributed by atoms with Crippen LogP contribution in [0.25, 0.3) is 0 Å². The topological polar surface area (TPSA) is 59.1 Å². The zero-order valence-corrected chi connectivity index (χ0v) is 15.3. The van der Waals surface area contributed by atoms with Gasteiger partial charge in [0.1, 0.15) is 11.6 Å². The Morgan fingerprint density at radius 1 is 1.20 bits per heavy atom. The summed E-state index contributed by atoms with van der Waals surface area (Å²) in [6, 6.07) is 9.54. The Hall–Kier alpha value is -2.08. The predicted molar refractivity (Wildman–Crippen MR) is 92.9 cm³/mol. The molecule has 0 aromatic heterocycles. The molecule has 3 atom stereocenters. The number of piperazine rings is 1. The molecule has 6 heteroatoms. The minimum Gasteiger partial charge on any atom is -0.468 e. The number of benzene rings is 1. The first-order valence-electron chi connectivity index (χ1n) is 8.67. The highest BCUT2D eigenvalue weighted by Gasteiger charge is 2.55. The molecule has 3 rings (SSSR count). The van der Waals surface area contributed by atoms with Gasteiger partial charge >= 0.3 is 12.1 Å². The highest BCUT2D eigenvalue weighted by molar-refractivity contribution is 5.80. The Labute approximate surface area is 148 Å². The van der Waals surface area contributed by atoms with Crippen molar-refractivity contribution in [2.75, 3.05) is 13.7 Å². The SMILES string of the molecule is COC(=O)C1[C@@H]2C[C@@H](CN2C(=O)OC(C)(C)C)N1Cc1ccccc1. The van der Waals surface area contributed by atoms with Crippen molar-refractivity contribution >= 4 is 12.1 Å². The average molecular weight is 346 g/mol. The molecule has 2 aliphatic heterocycles. The largest absolute Gasteiger partial charge is 0.468 e. The molecule has 136 valence electrons. The Balaban J connectivity index is 1.78. The van der Waals surface area contributed by atoms with Gasteiger partial charge in [-0.15, -0.1) is 0 Å². The summed E-state index contributed by atoms with van der Waals surface area (Å²) in [4.78, 5) is 28.8. The van der Waals surface area contributed by atoms with E-state index in [0.717, 1.165) is 12.0 Å². The number of rotatable bonds is 3. The first-order valence-corrected chi connectivity index (χ1v) is 8.67. The monoisotopic (exact) mass is 346 g/mol. The number of carbonyl (C=O) groups excluding carboxylic acids is 2. The average Bonchev–Trinajstić information content (AvgIpc) is 3.12. The maximum absolute atomic E-state index is 12.5. The molecular formula is C19H26N2O4. The van der Waals surface area contributed by atoms with Crippen LogP contribution >= 0.6 is 0 Å². The van der Waals surface area contributed by atoms with Crippen molar-refractivity contribution in [1.29, 1.82) is 0 Å². The van der Waals surface area contributed by atoms with E-state index in [1.165, 1.54) is 7.11 Å².